The van der Waals surface area contributed by atoms with Crippen LogP contribution in [-0.4, -0.2) is 60.0 Å². The predicted molar refractivity (Wildman–Crippen MR) is 126 cm³/mol. The van der Waals surface area contributed by atoms with Gasteiger partial charge < -0.3 is 19.2 Å². The van der Waals surface area contributed by atoms with Gasteiger partial charge in [0, 0.05) is 50.8 Å². The van der Waals surface area contributed by atoms with Gasteiger partial charge in [-0.2, -0.15) is 0 Å². The second kappa shape index (κ2) is 11.3. The highest BCUT2D eigenvalue weighted by Gasteiger charge is 2.25. The Bertz CT molecular complexity index is 908. The smallest absolute Gasteiger partial charge is 0.276 e. The van der Waals surface area contributed by atoms with Gasteiger partial charge in [0.1, 0.15) is 5.76 Å². The second-order valence-electron chi connectivity index (χ2n) is 9.08. The summed E-state index contributed by atoms with van der Waals surface area (Å²) in [6.45, 7) is 9.49. The van der Waals surface area contributed by atoms with Crippen molar-refractivity contribution in [3.8, 4) is 0 Å². The van der Waals surface area contributed by atoms with E-state index in [1.807, 2.05) is 34.1 Å². The molecular formula is C25H36N4O3. The van der Waals surface area contributed by atoms with Gasteiger partial charge in [-0.15, -0.1) is 0 Å². The Labute approximate surface area is 191 Å². The van der Waals surface area contributed by atoms with Crippen molar-refractivity contribution in [1.82, 2.24) is 15.0 Å². The van der Waals surface area contributed by atoms with Crippen molar-refractivity contribution in [3.05, 3.63) is 47.3 Å². The molecule has 0 atom stereocenters. The van der Waals surface area contributed by atoms with Crippen LogP contribution in [0.25, 0.3) is 0 Å². The van der Waals surface area contributed by atoms with Gasteiger partial charge in [-0.05, 0) is 44.0 Å². The molecule has 2 aromatic rings. The van der Waals surface area contributed by atoms with Crippen molar-refractivity contribution in [2.75, 3.05) is 38.1 Å². The van der Waals surface area contributed by atoms with E-state index in [2.05, 4.69) is 37.9 Å². The number of aryl methyl sites for hydroxylation is 1. The summed E-state index contributed by atoms with van der Waals surface area (Å²) in [5.41, 5.74) is 2.21. The minimum absolute atomic E-state index is 0.132. The Morgan fingerprint density at radius 3 is 2.66 bits per heavy atom. The molecule has 0 radical (unpaired) electrons. The lowest BCUT2D eigenvalue weighted by molar-refractivity contribution is -0.119. The van der Waals surface area contributed by atoms with Gasteiger partial charge in [0.2, 0.25) is 5.91 Å². The van der Waals surface area contributed by atoms with Crippen molar-refractivity contribution < 1.29 is 14.1 Å². The highest BCUT2D eigenvalue weighted by atomic mass is 16.5. The van der Waals surface area contributed by atoms with Crippen molar-refractivity contribution in [1.29, 1.82) is 0 Å². The molecule has 7 heteroatoms. The lowest BCUT2D eigenvalue weighted by atomic mass is 10.1. The number of fused-ring (bicyclic) bond motifs is 1. The number of likely N-dealkylation sites (N-methyl/N-ethyl adjacent to an activating group) is 1. The first-order chi connectivity index (χ1) is 15.4. The van der Waals surface area contributed by atoms with E-state index < -0.39 is 0 Å². The van der Waals surface area contributed by atoms with Crippen LogP contribution < -0.4 is 4.90 Å². The van der Waals surface area contributed by atoms with E-state index in [4.69, 9.17) is 4.52 Å². The van der Waals surface area contributed by atoms with Crippen LogP contribution in [0, 0.1) is 5.92 Å². The van der Waals surface area contributed by atoms with Gasteiger partial charge >= 0.3 is 0 Å². The van der Waals surface area contributed by atoms with Crippen molar-refractivity contribution in [2.24, 2.45) is 5.92 Å². The van der Waals surface area contributed by atoms with Crippen LogP contribution in [0.5, 0.6) is 0 Å². The molecule has 0 bridgehead atoms. The maximum absolute atomic E-state index is 13.3. The number of carbonyl (C=O) groups is 2. The molecule has 32 heavy (non-hydrogen) atoms. The maximum atomic E-state index is 13.3. The van der Waals surface area contributed by atoms with Gasteiger partial charge in [-0.25, -0.2) is 0 Å². The molecule has 2 amide bonds. The molecule has 0 aliphatic carbocycles. The Kier molecular flexibility index (Phi) is 8.45. The van der Waals surface area contributed by atoms with Gasteiger partial charge in [-0.3, -0.25) is 9.59 Å². The van der Waals surface area contributed by atoms with Crippen LogP contribution in [0.15, 0.2) is 34.9 Å². The largest absolute Gasteiger partial charge is 0.361 e. The van der Waals surface area contributed by atoms with Crippen LogP contribution in [0.4, 0.5) is 5.69 Å². The van der Waals surface area contributed by atoms with Gasteiger partial charge in [-0.1, -0.05) is 44.1 Å². The molecule has 0 fully saturated rings. The fourth-order valence-electron chi connectivity index (χ4n) is 4.05. The highest BCUT2D eigenvalue weighted by molar-refractivity contribution is 5.95. The number of carbonyl (C=O) groups excluding carboxylic acids is 2. The number of anilines is 1. The molecule has 0 saturated carbocycles. The van der Waals surface area contributed by atoms with Gasteiger partial charge in [0.05, 0.1) is 0 Å². The van der Waals surface area contributed by atoms with Crippen LogP contribution in [-0.2, 0) is 17.8 Å². The molecule has 1 aromatic carbocycles. The zero-order valence-corrected chi connectivity index (χ0v) is 19.8. The SMILES string of the molecule is CCCc1cc(C(=O)N2CCN(C)CCCN(C(=O)CC(C)C)c3ccccc3C2)no1. The Hall–Kier alpha value is -2.67. The Morgan fingerprint density at radius 2 is 1.91 bits per heavy atom. The Balaban J connectivity index is 1.92. The minimum atomic E-state index is -0.140. The number of hydrogen-bond acceptors (Lipinski definition) is 5. The monoisotopic (exact) mass is 440 g/mol. The fraction of sp³-hybridized carbons (Fsp3) is 0.560. The fourth-order valence-corrected chi connectivity index (χ4v) is 4.05. The van der Waals surface area contributed by atoms with Crippen LogP contribution in [0.2, 0.25) is 0 Å². The Morgan fingerprint density at radius 1 is 1.12 bits per heavy atom. The predicted octanol–water partition coefficient (Wildman–Crippen LogP) is 3.98. The first-order valence-corrected chi connectivity index (χ1v) is 11.7. The summed E-state index contributed by atoms with van der Waals surface area (Å²) in [5.74, 6) is 1.02. The van der Waals surface area contributed by atoms with E-state index in [-0.39, 0.29) is 17.7 Å². The number of para-hydroxylation sites is 1. The number of aromatic nitrogens is 1. The molecule has 0 spiro atoms. The van der Waals surface area contributed by atoms with Crippen LogP contribution in [0.3, 0.4) is 0 Å². The molecule has 7 nitrogen and oxygen atoms in total. The zero-order valence-electron chi connectivity index (χ0n) is 19.8. The minimum Gasteiger partial charge on any atom is -0.361 e. The first kappa shape index (κ1) is 24.0. The first-order valence-electron chi connectivity index (χ1n) is 11.7. The van der Waals surface area contributed by atoms with E-state index >= 15 is 0 Å². The number of amides is 2. The molecule has 2 heterocycles. The highest BCUT2D eigenvalue weighted by Crippen LogP contribution is 2.25. The average Bonchev–Trinajstić information content (AvgIpc) is 3.21. The summed E-state index contributed by atoms with van der Waals surface area (Å²) in [4.78, 5) is 32.4. The van der Waals surface area contributed by atoms with Crippen molar-refractivity contribution >= 4 is 17.5 Å². The standard InChI is InChI=1S/C25H36N4O3/c1-5-9-21-17-22(26-32-21)25(31)28-15-14-27(4)12-8-13-29(24(30)16-19(2)3)23-11-7-6-10-20(23)18-28/h6-7,10-11,17,19H,5,8-9,12-16,18H2,1-4H3. The number of hydrogen-bond donors (Lipinski definition) is 0. The van der Waals surface area contributed by atoms with Crippen LogP contribution >= 0.6 is 0 Å². The van der Waals surface area contributed by atoms with E-state index in [9.17, 15) is 9.59 Å². The summed E-state index contributed by atoms with van der Waals surface area (Å²) in [7, 11) is 2.06. The summed E-state index contributed by atoms with van der Waals surface area (Å²) >= 11 is 0. The van der Waals surface area contributed by atoms with E-state index in [1.165, 1.54) is 0 Å². The van der Waals surface area contributed by atoms with Crippen LogP contribution in [0.1, 0.15) is 61.8 Å². The molecule has 3 rings (SSSR count). The summed E-state index contributed by atoms with van der Waals surface area (Å²) < 4.78 is 5.35. The number of benzene rings is 1. The van der Waals surface area contributed by atoms with E-state index in [1.54, 1.807) is 6.07 Å². The summed E-state index contributed by atoms with van der Waals surface area (Å²) in [5, 5.41) is 4.03. The number of nitrogens with zero attached hydrogens (tertiary/aromatic N) is 4. The van der Waals surface area contributed by atoms with Crippen molar-refractivity contribution in [2.45, 2.75) is 53.0 Å². The zero-order chi connectivity index (χ0) is 23.1. The summed E-state index contributed by atoms with van der Waals surface area (Å²) in [6, 6.07) is 9.69. The third-order valence-corrected chi connectivity index (χ3v) is 5.76. The molecular weight excluding hydrogens is 404 g/mol. The summed E-state index contributed by atoms with van der Waals surface area (Å²) in [6.07, 6.45) is 3.09. The third kappa shape index (κ3) is 6.19. The molecule has 1 aliphatic heterocycles. The molecule has 0 saturated heterocycles. The maximum Gasteiger partial charge on any atom is 0.276 e. The third-order valence-electron chi connectivity index (χ3n) is 5.76. The second-order valence-corrected chi connectivity index (χ2v) is 9.08. The number of rotatable bonds is 5. The normalized spacial score (nSPS) is 16.0. The molecule has 0 N–H and O–H groups in total. The lowest BCUT2D eigenvalue weighted by Crippen LogP contribution is -2.37. The molecule has 1 aliphatic rings. The quantitative estimate of drug-likeness (QED) is 0.703. The van der Waals surface area contributed by atoms with Gasteiger partial charge in [0.15, 0.2) is 5.69 Å². The molecule has 0 unspecified atom stereocenters. The average molecular weight is 441 g/mol. The molecule has 174 valence electrons. The van der Waals surface area contributed by atoms with Gasteiger partial charge in [0.25, 0.3) is 5.91 Å². The van der Waals surface area contributed by atoms with Crippen molar-refractivity contribution in [3.63, 3.8) is 0 Å². The lowest BCUT2D eigenvalue weighted by Gasteiger charge is -2.28. The topological polar surface area (TPSA) is 69.9 Å². The van der Waals surface area contributed by atoms with E-state index in [0.29, 0.717) is 31.7 Å². The van der Waals surface area contributed by atoms with E-state index in [0.717, 1.165) is 49.4 Å². The molecule has 1 aromatic heterocycles.